The van der Waals surface area contributed by atoms with Gasteiger partial charge in [0.25, 0.3) is 0 Å². The Balaban J connectivity index is 2.38. The molecule has 0 N–H and O–H groups in total. The fourth-order valence-electron chi connectivity index (χ4n) is 1.81. The maximum absolute atomic E-state index is 11.6. The Hall–Kier alpha value is -0.990. The molecule has 1 fully saturated rings. The lowest BCUT2D eigenvalue weighted by Gasteiger charge is -2.22. The second-order valence-corrected chi connectivity index (χ2v) is 3.75. The molecule has 1 aliphatic carbocycles. The Morgan fingerprint density at radius 3 is 2.53 bits per heavy atom. The first-order chi connectivity index (χ1) is 7.27. The molecule has 0 aromatic rings. The molecule has 1 aliphatic rings. The highest BCUT2D eigenvalue weighted by atomic mass is 16.6. The topological polar surface area (TPSA) is 35.5 Å². The minimum atomic E-state index is -0.314. The molecule has 15 heavy (non-hydrogen) atoms. The van der Waals surface area contributed by atoms with Gasteiger partial charge in [0, 0.05) is 0 Å². The summed E-state index contributed by atoms with van der Waals surface area (Å²) in [5.74, 6) is 0.0225. The third-order valence-corrected chi connectivity index (χ3v) is 2.59. The number of carbonyl (C=O) groups is 1. The van der Waals surface area contributed by atoms with Crippen molar-refractivity contribution in [1.29, 1.82) is 0 Å². The standard InChI is InChI=1S/C12H20O3/c1-3-11(14-4-2)12(13)15-10-8-6-5-7-9-10/h3,10H,4-9H2,1-2H3. The van der Waals surface area contributed by atoms with Gasteiger partial charge in [-0.2, -0.15) is 0 Å². The average Bonchev–Trinajstić information content (AvgIpc) is 2.27. The highest BCUT2D eigenvalue weighted by Crippen LogP contribution is 2.21. The molecule has 0 aromatic heterocycles. The zero-order valence-electron chi connectivity index (χ0n) is 9.62. The van der Waals surface area contributed by atoms with E-state index in [4.69, 9.17) is 9.47 Å². The van der Waals surface area contributed by atoms with Crippen molar-refractivity contribution in [3.63, 3.8) is 0 Å². The molecule has 3 nitrogen and oxygen atoms in total. The molecule has 0 amide bonds. The summed E-state index contributed by atoms with van der Waals surface area (Å²) in [6.45, 7) is 4.14. The zero-order valence-corrected chi connectivity index (χ0v) is 9.62. The van der Waals surface area contributed by atoms with Crippen LogP contribution in [-0.4, -0.2) is 18.7 Å². The van der Waals surface area contributed by atoms with Crippen molar-refractivity contribution < 1.29 is 14.3 Å². The molecular formula is C12H20O3. The van der Waals surface area contributed by atoms with E-state index in [1.807, 2.05) is 6.92 Å². The second-order valence-electron chi connectivity index (χ2n) is 3.75. The van der Waals surface area contributed by atoms with Gasteiger partial charge < -0.3 is 9.47 Å². The van der Waals surface area contributed by atoms with Crippen molar-refractivity contribution in [3.8, 4) is 0 Å². The van der Waals surface area contributed by atoms with Crippen molar-refractivity contribution in [1.82, 2.24) is 0 Å². The Morgan fingerprint density at radius 2 is 2.00 bits per heavy atom. The molecule has 0 bridgehead atoms. The average molecular weight is 212 g/mol. The van der Waals surface area contributed by atoms with Crippen molar-refractivity contribution in [2.24, 2.45) is 0 Å². The van der Waals surface area contributed by atoms with Gasteiger partial charge in [0.15, 0.2) is 5.76 Å². The van der Waals surface area contributed by atoms with Gasteiger partial charge in [-0.05, 0) is 45.6 Å². The van der Waals surface area contributed by atoms with E-state index in [2.05, 4.69) is 0 Å². The van der Waals surface area contributed by atoms with E-state index in [9.17, 15) is 4.79 Å². The molecule has 1 rings (SSSR count). The Morgan fingerprint density at radius 1 is 1.33 bits per heavy atom. The summed E-state index contributed by atoms with van der Waals surface area (Å²) in [6.07, 6.45) is 7.34. The van der Waals surface area contributed by atoms with E-state index in [1.54, 1.807) is 13.0 Å². The van der Waals surface area contributed by atoms with Crippen LogP contribution < -0.4 is 0 Å². The minimum Gasteiger partial charge on any atom is -0.487 e. The van der Waals surface area contributed by atoms with Crippen LogP contribution in [0.1, 0.15) is 46.0 Å². The predicted molar refractivity (Wildman–Crippen MR) is 58.3 cm³/mol. The van der Waals surface area contributed by atoms with Gasteiger partial charge in [0.2, 0.25) is 0 Å². The highest BCUT2D eigenvalue weighted by molar-refractivity contribution is 5.86. The maximum Gasteiger partial charge on any atom is 0.373 e. The Bertz CT molecular complexity index is 227. The Kier molecular flexibility index (Phi) is 5.22. The first kappa shape index (κ1) is 12.1. The Labute approximate surface area is 91.4 Å². The smallest absolute Gasteiger partial charge is 0.373 e. The summed E-state index contributed by atoms with van der Waals surface area (Å²) in [7, 11) is 0. The van der Waals surface area contributed by atoms with Gasteiger partial charge >= 0.3 is 5.97 Å². The summed E-state index contributed by atoms with van der Waals surface area (Å²) in [4.78, 5) is 11.6. The molecular weight excluding hydrogens is 192 g/mol. The van der Waals surface area contributed by atoms with Gasteiger partial charge in [-0.1, -0.05) is 6.42 Å². The first-order valence-corrected chi connectivity index (χ1v) is 5.78. The van der Waals surface area contributed by atoms with Crippen molar-refractivity contribution >= 4 is 5.97 Å². The van der Waals surface area contributed by atoms with Crippen LogP contribution in [0.25, 0.3) is 0 Å². The van der Waals surface area contributed by atoms with Gasteiger partial charge in [-0.3, -0.25) is 0 Å². The summed E-state index contributed by atoms with van der Waals surface area (Å²) in [5.41, 5.74) is 0. The van der Waals surface area contributed by atoms with E-state index in [0.717, 1.165) is 25.7 Å². The van der Waals surface area contributed by atoms with Gasteiger partial charge in [-0.15, -0.1) is 0 Å². The number of allylic oxidation sites excluding steroid dienone is 1. The molecule has 0 radical (unpaired) electrons. The van der Waals surface area contributed by atoms with Crippen molar-refractivity contribution in [2.45, 2.75) is 52.1 Å². The van der Waals surface area contributed by atoms with E-state index >= 15 is 0 Å². The van der Waals surface area contributed by atoms with Crippen molar-refractivity contribution in [2.75, 3.05) is 6.61 Å². The minimum absolute atomic E-state index is 0.0988. The highest BCUT2D eigenvalue weighted by Gasteiger charge is 2.20. The fourth-order valence-corrected chi connectivity index (χ4v) is 1.81. The van der Waals surface area contributed by atoms with E-state index < -0.39 is 0 Å². The molecule has 0 saturated heterocycles. The van der Waals surface area contributed by atoms with Crippen LogP contribution in [-0.2, 0) is 14.3 Å². The lowest BCUT2D eigenvalue weighted by Crippen LogP contribution is -2.22. The number of ether oxygens (including phenoxy) is 2. The van der Waals surface area contributed by atoms with Crippen LogP contribution in [0.2, 0.25) is 0 Å². The van der Waals surface area contributed by atoms with Gasteiger partial charge in [0.1, 0.15) is 6.10 Å². The van der Waals surface area contributed by atoms with E-state index in [1.165, 1.54) is 6.42 Å². The molecule has 0 aliphatic heterocycles. The van der Waals surface area contributed by atoms with Gasteiger partial charge in [0.05, 0.1) is 6.61 Å². The molecule has 0 atom stereocenters. The molecule has 86 valence electrons. The number of rotatable bonds is 4. The molecule has 0 spiro atoms. The van der Waals surface area contributed by atoms with E-state index in [0.29, 0.717) is 12.4 Å². The summed E-state index contributed by atoms with van der Waals surface area (Å²) >= 11 is 0. The van der Waals surface area contributed by atoms with Crippen LogP contribution in [0.15, 0.2) is 11.8 Å². The number of hydrogen-bond donors (Lipinski definition) is 0. The number of hydrogen-bond acceptors (Lipinski definition) is 3. The van der Waals surface area contributed by atoms with Crippen LogP contribution in [0, 0.1) is 0 Å². The molecule has 0 heterocycles. The number of esters is 1. The maximum atomic E-state index is 11.6. The zero-order chi connectivity index (χ0) is 11.1. The van der Waals surface area contributed by atoms with Crippen LogP contribution >= 0.6 is 0 Å². The quantitative estimate of drug-likeness (QED) is 0.408. The molecule has 0 unspecified atom stereocenters. The third-order valence-electron chi connectivity index (χ3n) is 2.59. The van der Waals surface area contributed by atoms with Crippen LogP contribution in [0.3, 0.4) is 0 Å². The second kappa shape index (κ2) is 6.49. The van der Waals surface area contributed by atoms with Crippen molar-refractivity contribution in [3.05, 3.63) is 11.8 Å². The van der Waals surface area contributed by atoms with E-state index in [-0.39, 0.29) is 12.1 Å². The first-order valence-electron chi connectivity index (χ1n) is 5.78. The summed E-state index contributed by atoms with van der Waals surface area (Å²) in [6, 6.07) is 0. The summed E-state index contributed by atoms with van der Waals surface area (Å²) in [5, 5.41) is 0. The SMILES string of the molecule is CC=C(OCC)C(=O)OC1CCCCC1. The number of carbonyl (C=O) groups excluding carboxylic acids is 1. The lowest BCUT2D eigenvalue weighted by atomic mass is 9.98. The predicted octanol–water partition coefficient (Wildman–Crippen LogP) is 2.80. The fraction of sp³-hybridized carbons (Fsp3) is 0.750. The normalized spacial score (nSPS) is 18.7. The van der Waals surface area contributed by atoms with Gasteiger partial charge in [-0.25, -0.2) is 4.79 Å². The van der Waals surface area contributed by atoms with Crippen LogP contribution in [0.4, 0.5) is 0 Å². The third kappa shape index (κ3) is 3.94. The molecule has 3 heteroatoms. The monoisotopic (exact) mass is 212 g/mol. The van der Waals surface area contributed by atoms with Crippen LogP contribution in [0.5, 0.6) is 0 Å². The largest absolute Gasteiger partial charge is 0.487 e. The lowest BCUT2D eigenvalue weighted by molar-refractivity contribution is -0.149. The summed E-state index contributed by atoms with van der Waals surface area (Å²) < 4.78 is 10.5. The molecule has 0 aromatic carbocycles. The molecule has 1 saturated carbocycles.